The molecule has 2 aromatic rings. The van der Waals surface area contributed by atoms with Gasteiger partial charge in [-0.2, -0.15) is 0 Å². The van der Waals surface area contributed by atoms with Crippen LogP contribution in [0.2, 0.25) is 0 Å². The molecule has 2 aromatic carbocycles. The Bertz CT molecular complexity index is 663. The van der Waals surface area contributed by atoms with Crippen molar-refractivity contribution >= 4 is 16.9 Å². The van der Waals surface area contributed by atoms with Crippen LogP contribution in [0.4, 0.5) is 4.79 Å². The molecule has 4 heteroatoms. The minimum Gasteiger partial charge on any atom is -0.493 e. The van der Waals surface area contributed by atoms with Crippen LogP contribution in [0.5, 0.6) is 11.5 Å². The van der Waals surface area contributed by atoms with Gasteiger partial charge in [-0.15, -0.1) is 0 Å². The lowest BCUT2D eigenvalue weighted by atomic mass is 10.1. The fourth-order valence-electron chi connectivity index (χ4n) is 2.63. The lowest BCUT2D eigenvalue weighted by molar-refractivity contribution is 0.152. The summed E-state index contributed by atoms with van der Waals surface area (Å²) in [6.45, 7) is 8.24. The van der Waals surface area contributed by atoms with Crippen LogP contribution in [0.15, 0.2) is 36.4 Å². The van der Waals surface area contributed by atoms with Gasteiger partial charge in [0.2, 0.25) is 0 Å². The summed E-state index contributed by atoms with van der Waals surface area (Å²) >= 11 is 0. The van der Waals surface area contributed by atoms with Crippen molar-refractivity contribution in [1.29, 1.82) is 0 Å². The molecule has 130 valence electrons. The maximum Gasteiger partial charge on any atom is 0.415 e. The van der Waals surface area contributed by atoms with E-state index in [4.69, 9.17) is 9.47 Å². The Labute approximate surface area is 144 Å². The first kappa shape index (κ1) is 18.1. The molecule has 0 fully saturated rings. The van der Waals surface area contributed by atoms with Crippen LogP contribution in [0.1, 0.15) is 40.0 Å². The Morgan fingerprint density at radius 1 is 1.00 bits per heavy atom. The van der Waals surface area contributed by atoms with Crippen LogP contribution < -0.4 is 9.47 Å². The second-order valence-electron chi connectivity index (χ2n) is 5.85. The zero-order valence-electron chi connectivity index (χ0n) is 14.9. The SMILES string of the molecule is CCCOc1cc(OC(=O)N(CCC)CCC)c2ccccc2c1. The topological polar surface area (TPSA) is 38.8 Å². The van der Waals surface area contributed by atoms with Crippen molar-refractivity contribution in [2.24, 2.45) is 0 Å². The van der Waals surface area contributed by atoms with E-state index in [0.717, 1.165) is 35.8 Å². The number of benzene rings is 2. The number of amides is 1. The number of fused-ring (bicyclic) bond motifs is 1. The molecule has 0 saturated carbocycles. The summed E-state index contributed by atoms with van der Waals surface area (Å²) in [4.78, 5) is 14.3. The molecular weight excluding hydrogens is 302 g/mol. The normalized spacial score (nSPS) is 10.6. The maximum atomic E-state index is 12.5. The lowest BCUT2D eigenvalue weighted by Gasteiger charge is -2.21. The van der Waals surface area contributed by atoms with Gasteiger partial charge < -0.3 is 14.4 Å². The second-order valence-corrected chi connectivity index (χ2v) is 5.85. The number of rotatable bonds is 8. The first-order chi connectivity index (χ1) is 11.7. The molecular formula is C20H27NO3. The fraction of sp³-hybridized carbons (Fsp3) is 0.450. The predicted octanol–water partition coefficient (Wildman–Crippen LogP) is 5.25. The number of hydrogen-bond acceptors (Lipinski definition) is 3. The molecule has 4 nitrogen and oxygen atoms in total. The van der Waals surface area contributed by atoms with Gasteiger partial charge in [0.1, 0.15) is 11.5 Å². The number of ether oxygens (including phenoxy) is 2. The van der Waals surface area contributed by atoms with Crippen molar-refractivity contribution in [2.45, 2.75) is 40.0 Å². The molecule has 24 heavy (non-hydrogen) atoms. The molecule has 0 radical (unpaired) electrons. The monoisotopic (exact) mass is 329 g/mol. The average molecular weight is 329 g/mol. The number of nitrogens with zero attached hydrogens (tertiary/aromatic N) is 1. The van der Waals surface area contributed by atoms with Crippen molar-refractivity contribution in [3.8, 4) is 11.5 Å². The van der Waals surface area contributed by atoms with Crippen molar-refractivity contribution in [1.82, 2.24) is 4.90 Å². The Balaban J connectivity index is 2.29. The fourth-order valence-corrected chi connectivity index (χ4v) is 2.63. The summed E-state index contributed by atoms with van der Waals surface area (Å²) in [5.74, 6) is 1.29. The highest BCUT2D eigenvalue weighted by molar-refractivity contribution is 5.91. The number of hydrogen-bond donors (Lipinski definition) is 0. The third-order valence-electron chi connectivity index (χ3n) is 3.71. The highest BCUT2D eigenvalue weighted by Gasteiger charge is 2.16. The smallest absolute Gasteiger partial charge is 0.415 e. The standard InChI is InChI=1S/C20H27NO3/c1-4-11-21(12-5-2)20(22)24-19-15-17(23-13-6-3)14-16-9-7-8-10-18(16)19/h7-10,14-15H,4-6,11-13H2,1-3H3. The van der Waals surface area contributed by atoms with Gasteiger partial charge in [-0.1, -0.05) is 45.0 Å². The van der Waals surface area contributed by atoms with E-state index in [-0.39, 0.29) is 6.09 Å². The predicted molar refractivity (Wildman–Crippen MR) is 97.9 cm³/mol. The Hall–Kier alpha value is -2.23. The molecule has 0 unspecified atom stereocenters. The summed E-state index contributed by atoms with van der Waals surface area (Å²) in [5.41, 5.74) is 0. The maximum absolute atomic E-state index is 12.5. The van der Waals surface area contributed by atoms with Gasteiger partial charge >= 0.3 is 6.09 Å². The molecule has 0 aliphatic rings. The zero-order valence-corrected chi connectivity index (χ0v) is 14.9. The summed E-state index contributed by atoms with van der Waals surface area (Å²) in [7, 11) is 0. The lowest BCUT2D eigenvalue weighted by Crippen LogP contribution is -2.34. The van der Waals surface area contributed by atoms with Gasteiger partial charge in [-0.3, -0.25) is 0 Å². The minimum atomic E-state index is -0.295. The van der Waals surface area contributed by atoms with Gasteiger partial charge in [-0.05, 0) is 30.7 Å². The van der Waals surface area contributed by atoms with Gasteiger partial charge in [0, 0.05) is 24.5 Å². The quantitative estimate of drug-likeness (QED) is 0.664. The zero-order chi connectivity index (χ0) is 17.4. The molecule has 0 bridgehead atoms. The van der Waals surface area contributed by atoms with Crippen molar-refractivity contribution < 1.29 is 14.3 Å². The molecule has 0 aliphatic heterocycles. The van der Waals surface area contributed by atoms with Gasteiger partial charge in [0.15, 0.2) is 0 Å². The molecule has 0 aliphatic carbocycles. The first-order valence-electron chi connectivity index (χ1n) is 8.81. The molecule has 2 rings (SSSR count). The van der Waals surface area contributed by atoms with Crippen LogP contribution in [0, 0.1) is 0 Å². The Morgan fingerprint density at radius 3 is 2.38 bits per heavy atom. The van der Waals surface area contributed by atoms with E-state index >= 15 is 0 Å². The van der Waals surface area contributed by atoms with E-state index in [9.17, 15) is 4.79 Å². The summed E-state index contributed by atoms with van der Waals surface area (Å²) in [5, 5.41) is 1.93. The third kappa shape index (κ3) is 4.63. The van der Waals surface area contributed by atoms with Gasteiger partial charge in [-0.25, -0.2) is 4.79 Å². The molecule has 0 heterocycles. The van der Waals surface area contributed by atoms with E-state index in [0.29, 0.717) is 25.4 Å². The minimum absolute atomic E-state index is 0.295. The van der Waals surface area contributed by atoms with Crippen LogP contribution in [0.25, 0.3) is 10.8 Å². The van der Waals surface area contributed by atoms with Crippen LogP contribution in [-0.2, 0) is 0 Å². The highest BCUT2D eigenvalue weighted by atomic mass is 16.6. The Kier molecular flexibility index (Phi) is 6.91. The number of carbonyl (C=O) groups excluding carboxylic acids is 1. The van der Waals surface area contributed by atoms with E-state index < -0.39 is 0 Å². The largest absolute Gasteiger partial charge is 0.493 e. The van der Waals surface area contributed by atoms with Crippen molar-refractivity contribution in [3.63, 3.8) is 0 Å². The van der Waals surface area contributed by atoms with Crippen LogP contribution >= 0.6 is 0 Å². The molecule has 0 N–H and O–H groups in total. The average Bonchev–Trinajstić information content (AvgIpc) is 2.59. The van der Waals surface area contributed by atoms with E-state index in [1.165, 1.54) is 0 Å². The summed E-state index contributed by atoms with van der Waals surface area (Å²) < 4.78 is 11.5. The third-order valence-corrected chi connectivity index (χ3v) is 3.71. The van der Waals surface area contributed by atoms with E-state index in [1.54, 1.807) is 4.90 Å². The Morgan fingerprint density at radius 2 is 1.71 bits per heavy atom. The van der Waals surface area contributed by atoms with Gasteiger partial charge in [0.25, 0.3) is 0 Å². The first-order valence-corrected chi connectivity index (χ1v) is 8.81. The van der Waals surface area contributed by atoms with Crippen LogP contribution in [0.3, 0.4) is 0 Å². The van der Waals surface area contributed by atoms with Gasteiger partial charge in [0.05, 0.1) is 6.61 Å². The van der Waals surface area contributed by atoms with Crippen molar-refractivity contribution in [3.05, 3.63) is 36.4 Å². The van der Waals surface area contributed by atoms with E-state index in [2.05, 4.69) is 20.8 Å². The molecule has 0 spiro atoms. The molecule has 0 aromatic heterocycles. The molecule has 0 saturated heterocycles. The number of carbonyl (C=O) groups is 1. The highest BCUT2D eigenvalue weighted by Crippen LogP contribution is 2.31. The van der Waals surface area contributed by atoms with Crippen LogP contribution in [-0.4, -0.2) is 30.7 Å². The van der Waals surface area contributed by atoms with E-state index in [1.807, 2.05) is 36.4 Å². The van der Waals surface area contributed by atoms with Crippen molar-refractivity contribution in [2.75, 3.05) is 19.7 Å². The molecule has 0 atom stereocenters. The molecule has 1 amide bonds. The summed E-state index contributed by atoms with van der Waals surface area (Å²) in [6.07, 6.45) is 2.46. The second kappa shape index (κ2) is 9.16. The summed E-state index contributed by atoms with van der Waals surface area (Å²) in [6, 6.07) is 11.7.